The minimum atomic E-state index is -0.782. The van der Waals surface area contributed by atoms with Crippen LogP contribution >= 0.6 is 0 Å². The highest BCUT2D eigenvalue weighted by molar-refractivity contribution is 5.71. The zero-order chi connectivity index (χ0) is 53.6. The first-order chi connectivity index (χ1) is 36.5. The van der Waals surface area contributed by atoms with Crippen LogP contribution in [0.5, 0.6) is 0 Å². The molecule has 0 aromatic carbocycles. The van der Waals surface area contributed by atoms with Gasteiger partial charge in [0.05, 0.1) is 0 Å². The highest BCUT2D eigenvalue weighted by Crippen LogP contribution is 2.18. The Labute approximate surface area is 460 Å². The summed E-state index contributed by atoms with van der Waals surface area (Å²) in [6.45, 7) is 6.63. The van der Waals surface area contributed by atoms with E-state index in [9.17, 15) is 14.4 Å². The molecule has 0 aliphatic heterocycles. The van der Waals surface area contributed by atoms with Gasteiger partial charge < -0.3 is 14.2 Å². The molecule has 0 saturated heterocycles. The maximum absolute atomic E-state index is 12.9. The molecule has 0 radical (unpaired) electrons. The molecule has 0 amide bonds. The lowest BCUT2D eigenvalue weighted by atomic mass is 10.0. The van der Waals surface area contributed by atoms with Crippen LogP contribution in [-0.2, 0) is 28.6 Å². The molecular formula is C68H124O6. The van der Waals surface area contributed by atoms with Crippen molar-refractivity contribution < 1.29 is 28.6 Å². The third-order valence-electron chi connectivity index (χ3n) is 14.6. The number of ether oxygens (including phenoxy) is 3. The summed E-state index contributed by atoms with van der Waals surface area (Å²) in [5.41, 5.74) is 0. The van der Waals surface area contributed by atoms with Gasteiger partial charge in [0.15, 0.2) is 6.10 Å². The summed E-state index contributed by atoms with van der Waals surface area (Å²) in [6, 6.07) is 0. The van der Waals surface area contributed by atoms with Crippen LogP contribution in [0, 0.1) is 0 Å². The average molecular weight is 1040 g/mol. The van der Waals surface area contributed by atoms with Gasteiger partial charge in [-0.3, -0.25) is 14.4 Å². The summed E-state index contributed by atoms with van der Waals surface area (Å²) in [5, 5.41) is 0. The fourth-order valence-corrected chi connectivity index (χ4v) is 9.62. The third kappa shape index (κ3) is 60.2. The highest BCUT2D eigenvalue weighted by atomic mass is 16.6. The van der Waals surface area contributed by atoms with Gasteiger partial charge >= 0.3 is 17.9 Å². The van der Waals surface area contributed by atoms with Crippen LogP contribution in [0.15, 0.2) is 48.6 Å². The SMILES string of the molecule is CCCCC/C=C\C/C=C\CCCCCCCCCC(=O)OC(COC(=O)CCCCCCC/C=C\C/C=C\CCCCC)COC(=O)CCCCCCCCCCCCCCCCCCCCCCCCCC. The van der Waals surface area contributed by atoms with Crippen molar-refractivity contribution in [3.05, 3.63) is 48.6 Å². The van der Waals surface area contributed by atoms with E-state index >= 15 is 0 Å². The van der Waals surface area contributed by atoms with E-state index in [0.29, 0.717) is 19.3 Å². The van der Waals surface area contributed by atoms with Gasteiger partial charge in [0.1, 0.15) is 13.2 Å². The lowest BCUT2D eigenvalue weighted by Gasteiger charge is -2.18. The predicted octanol–water partition coefficient (Wildman–Crippen LogP) is 22.2. The van der Waals surface area contributed by atoms with Crippen LogP contribution in [0.1, 0.15) is 348 Å². The van der Waals surface area contributed by atoms with Gasteiger partial charge in [-0.05, 0) is 83.5 Å². The molecule has 0 aliphatic rings. The van der Waals surface area contributed by atoms with Crippen LogP contribution < -0.4 is 0 Å². The van der Waals surface area contributed by atoms with Crippen molar-refractivity contribution in [2.75, 3.05) is 13.2 Å². The van der Waals surface area contributed by atoms with Gasteiger partial charge in [0, 0.05) is 19.3 Å². The molecule has 0 heterocycles. The zero-order valence-electron chi connectivity index (χ0n) is 49.6. The number of allylic oxidation sites excluding steroid dienone is 8. The molecule has 0 spiro atoms. The molecule has 0 rings (SSSR count). The standard InChI is InChI=1S/C68H124O6/c1-4-7-10-13-16-19-22-25-28-30-31-32-33-34-35-36-38-40-43-46-49-52-55-58-61-67(70)73-64-65(63-72-66(69)60-57-54-51-48-45-42-39-27-24-21-18-15-12-9-6-3)74-68(71)62-59-56-53-50-47-44-41-37-29-26-23-20-17-14-11-8-5-2/h17-18,20-21,26-27,29,39,65H,4-16,19,22-25,28,30-38,40-64H2,1-3H3/b20-17-,21-18-,29-26-,39-27-. The van der Waals surface area contributed by atoms with Crippen molar-refractivity contribution in [3.63, 3.8) is 0 Å². The fraction of sp³-hybridized carbons (Fsp3) is 0.838. The number of esters is 3. The van der Waals surface area contributed by atoms with E-state index < -0.39 is 6.10 Å². The van der Waals surface area contributed by atoms with Crippen molar-refractivity contribution in [2.24, 2.45) is 0 Å². The van der Waals surface area contributed by atoms with Crippen LogP contribution in [0.3, 0.4) is 0 Å². The average Bonchev–Trinajstić information content (AvgIpc) is 3.40. The number of unbranched alkanes of at least 4 members (excludes halogenated alkanes) is 41. The predicted molar refractivity (Wildman–Crippen MR) is 321 cm³/mol. The first-order valence-electron chi connectivity index (χ1n) is 32.6. The number of carbonyl (C=O) groups excluding carboxylic acids is 3. The van der Waals surface area contributed by atoms with E-state index in [1.165, 1.54) is 218 Å². The van der Waals surface area contributed by atoms with Crippen molar-refractivity contribution in [3.8, 4) is 0 Å². The summed E-state index contributed by atoms with van der Waals surface area (Å²) in [6.07, 6.45) is 78.3. The van der Waals surface area contributed by atoms with Crippen LogP contribution in [0.25, 0.3) is 0 Å². The molecule has 0 saturated carbocycles. The Hall–Kier alpha value is -2.63. The molecule has 0 bridgehead atoms. The molecule has 0 aliphatic carbocycles. The summed E-state index contributed by atoms with van der Waals surface area (Å²) in [5.74, 6) is -0.879. The number of hydrogen-bond acceptors (Lipinski definition) is 6. The van der Waals surface area contributed by atoms with E-state index in [2.05, 4.69) is 69.4 Å². The molecule has 0 aromatic heterocycles. The molecule has 6 heteroatoms. The molecule has 6 nitrogen and oxygen atoms in total. The Morgan fingerprint density at radius 1 is 0.270 bits per heavy atom. The Morgan fingerprint density at radius 3 is 0.770 bits per heavy atom. The molecule has 0 N–H and O–H groups in total. The molecule has 432 valence electrons. The monoisotopic (exact) mass is 1040 g/mol. The fourth-order valence-electron chi connectivity index (χ4n) is 9.62. The van der Waals surface area contributed by atoms with Gasteiger partial charge in [0.25, 0.3) is 0 Å². The van der Waals surface area contributed by atoms with E-state index in [1.807, 2.05) is 0 Å². The largest absolute Gasteiger partial charge is 0.462 e. The van der Waals surface area contributed by atoms with Gasteiger partial charge in [-0.2, -0.15) is 0 Å². The molecule has 0 fully saturated rings. The second-order valence-corrected chi connectivity index (χ2v) is 22.0. The molecule has 1 atom stereocenters. The van der Waals surface area contributed by atoms with E-state index in [-0.39, 0.29) is 31.1 Å². The van der Waals surface area contributed by atoms with E-state index in [0.717, 1.165) is 89.9 Å². The lowest BCUT2D eigenvalue weighted by Crippen LogP contribution is -2.30. The first kappa shape index (κ1) is 71.4. The number of hydrogen-bond donors (Lipinski definition) is 0. The van der Waals surface area contributed by atoms with Crippen LogP contribution in [0.2, 0.25) is 0 Å². The molecule has 1 unspecified atom stereocenters. The Morgan fingerprint density at radius 2 is 0.486 bits per heavy atom. The highest BCUT2D eigenvalue weighted by Gasteiger charge is 2.19. The van der Waals surface area contributed by atoms with E-state index in [4.69, 9.17) is 14.2 Å². The maximum atomic E-state index is 12.9. The second kappa shape index (κ2) is 62.9. The topological polar surface area (TPSA) is 78.9 Å². The second-order valence-electron chi connectivity index (χ2n) is 22.0. The van der Waals surface area contributed by atoms with Gasteiger partial charge in [-0.25, -0.2) is 0 Å². The maximum Gasteiger partial charge on any atom is 0.306 e. The molecular weight excluding hydrogens is 913 g/mol. The Balaban J connectivity index is 4.29. The van der Waals surface area contributed by atoms with Crippen molar-refractivity contribution in [1.82, 2.24) is 0 Å². The lowest BCUT2D eigenvalue weighted by molar-refractivity contribution is -0.167. The smallest absolute Gasteiger partial charge is 0.306 e. The Bertz CT molecular complexity index is 1280. The van der Waals surface area contributed by atoms with Gasteiger partial charge in [-0.15, -0.1) is 0 Å². The van der Waals surface area contributed by atoms with Gasteiger partial charge in [-0.1, -0.05) is 294 Å². The van der Waals surface area contributed by atoms with Crippen molar-refractivity contribution in [2.45, 2.75) is 354 Å². The van der Waals surface area contributed by atoms with Crippen molar-refractivity contribution >= 4 is 17.9 Å². The Kier molecular flexibility index (Phi) is 60.7. The summed E-state index contributed by atoms with van der Waals surface area (Å²) >= 11 is 0. The molecule has 74 heavy (non-hydrogen) atoms. The summed E-state index contributed by atoms with van der Waals surface area (Å²) < 4.78 is 16.9. The normalized spacial score (nSPS) is 12.3. The summed E-state index contributed by atoms with van der Waals surface area (Å²) in [7, 11) is 0. The zero-order valence-corrected chi connectivity index (χ0v) is 49.6. The molecule has 0 aromatic rings. The quantitative estimate of drug-likeness (QED) is 0.0261. The van der Waals surface area contributed by atoms with Crippen LogP contribution in [0.4, 0.5) is 0 Å². The third-order valence-corrected chi connectivity index (χ3v) is 14.6. The van der Waals surface area contributed by atoms with Gasteiger partial charge in [0.2, 0.25) is 0 Å². The number of rotatable bonds is 60. The van der Waals surface area contributed by atoms with Crippen molar-refractivity contribution in [1.29, 1.82) is 0 Å². The minimum Gasteiger partial charge on any atom is -0.462 e. The summed E-state index contributed by atoms with van der Waals surface area (Å²) in [4.78, 5) is 38.3. The van der Waals surface area contributed by atoms with Crippen LogP contribution in [-0.4, -0.2) is 37.2 Å². The first-order valence-corrected chi connectivity index (χ1v) is 32.6. The minimum absolute atomic E-state index is 0.0775. The number of carbonyl (C=O) groups is 3. The van der Waals surface area contributed by atoms with E-state index in [1.54, 1.807) is 0 Å².